The summed E-state index contributed by atoms with van der Waals surface area (Å²) < 4.78 is 7.18. The van der Waals surface area contributed by atoms with Crippen molar-refractivity contribution in [2.45, 2.75) is 18.6 Å². The quantitative estimate of drug-likeness (QED) is 0.536. The minimum Gasteiger partial charge on any atom is -0.377 e. The van der Waals surface area contributed by atoms with Gasteiger partial charge in [-0.1, -0.05) is 27.5 Å². The standard InChI is InChI=1S/C19H16BrClN2O/c20-10-1-3-16-13(7-10)15(9-22-16)18-12-5-6-24-19(12)14-8-11(21)2-4-17(14)23-18/h1-4,7-9,12,18-19,22-23H,5-6H2. The molecule has 0 aliphatic carbocycles. The van der Waals surface area contributed by atoms with Crippen molar-refractivity contribution in [3.8, 4) is 0 Å². The first-order chi connectivity index (χ1) is 11.7. The third kappa shape index (κ3) is 2.20. The molecule has 3 unspecified atom stereocenters. The summed E-state index contributed by atoms with van der Waals surface area (Å²) in [4.78, 5) is 3.40. The number of nitrogens with one attached hydrogen (secondary N) is 2. The number of benzene rings is 2. The molecule has 5 rings (SSSR count). The first kappa shape index (κ1) is 14.8. The van der Waals surface area contributed by atoms with Crippen molar-refractivity contribution in [2.75, 3.05) is 11.9 Å². The lowest BCUT2D eigenvalue weighted by atomic mass is 9.81. The van der Waals surface area contributed by atoms with Gasteiger partial charge in [0, 0.05) is 55.9 Å². The van der Waals surface area contributed by atoms with Crippen molar-refractivity contribution < 1.29 is 4.74 Å². The van der Waals surface area contributed by atoms with Crippen LogP contribution in [0.1, 0.15) is 29.7 Å². The molecule has 3 atom stereocenters. The summed E-state index contributed by atoms with van der Waals surface area (Å²) in [6.45, 7) is 0.797. The highest BCUT2D eigenvalue weighted by molar-refractivity contribution is 9.10. The Balaban J connectivity index is 1.65. The van der Waals surface area contributed by atoms with E-state index in [0.717, 1.165) is 33.7 Å². The molecule has 24 heavy (non-hydrogen) atoms. The van der Waals surface area contributed by atoms with Crippen LogP contribution in [0, 0.1) is 5.92 Å². The van der Waals surface area contributed by atoms with Gasteiger partial charge in [-0.05, 0) is 42.8 Å². The fourth-order valence-electron chi connectivity index (χ4n) is 4.12. The predicted molar refractivity (Wildman–Crippen MR) is 101 cm³/mol. The van der Waals surface area contributed by atoms with Gasteiger partial charge in [0.1, 0.15) is 0 Å². The number of fused-ring (bicyclic) bond motifs is 4. The topological polar surface area (TPSA) is 37.0 Å². The average molecular weight is 404 g/mol. The molecular formula is C19H16BrClN2O. The Bertz CT molecular complexity index is 938. The fourth-order valence-corrected chi connectivity index (χ4v) is 4.66. The first-order valence-corrected chi connectivity index (χ1v) is 9.32. The molecule has 3 nitrogen and oxygen atoms in total. The van der Waals surface area contributed by atoms with Crippen molar-refractivity contribution in [1.82, 2.24) is 4.98 Å². The van der Waals surface area contributed by atoms with Gasteiger partial charge in [0.2, 0.25) is 0 Å². The summed E-state index contributed by atoms with van der Waals surface area (Å²) in [6, 6.07) is 12.6. The SMILES string of the molecule is Clc1ccc2c(c1)C1OCCC1C(c1c[nH]c3ccc(Br)cc13)N2. The zero-order chi connectivity index (χ0) is 16.3. The molecule has 0 radical (unpaired) electrons. The molecule has 0 saturated carbocycles. The number of rotatable bonds is 1. The minimum absolute atomic E-state index is 0.113. The molecule has 1 saturated heterocycles. The van der Waals surface area contributed by atoms with Gasteiger partial charge in [-0.15, -0.1) is 0 Å². The van der Waals surface area contributed by atoms with Crippen LogP contribution in [0.15, 0.2) is 47.1 Å². The summed E-state index contributed by atoms with van der Waals surface area (Å²) in [7, 11) is 0. The van der Waals surface area contributed by atoms with Crippen LogP contribution in [-0.2, 0) is 4.74 Å². The molecule has 1 aromatic heterocycles. The molecule has 0 amide bonds. The molecule has 5 heteroatoms. The maximum absolute atomic E-state index is 6.20. The molecule has 122 valence electrons. The zero-order valence-corrected chi connectivity index (χ0v) is 15.2. The van der Waals surface area contributed by atoms with Crippen LogP contribution in [0.2, 0.25) is 5.02 Å². The third-order valence-electron chi connectivity index (χ3n) is 5.21. The second-order valence-corrected chi connectivity index (χ2v) is 7.88. The van der Waals surface area contributed by atoms with Crippen LogP contribution in [0.3, 0.4) is 0 Å². The zero-order valence-electron chi connectivity index (χ0n) is 12.9. The second-order valence-electron chi connectivity index (χ2n) is 6.53. The molecule has 1 fully saturated rings. The van der Waals surface area contributed by atoms with E-state index in [1.165, 1.54) is 16.5 Å². The predicted octanol–water partition coefficient (Wildman–Crippen LogP) is 5.83. The van der Waals surface area contributed by atoms with Crippen LogP contribution in [-0.4, -0.2) is 11.6 Å². The minimum atomic E-state index is 0.113. The maximum atomic E-state index is 6.20. The van der Waals surface area contributed by atoms with Crippen LogP contribution < -0.4 is 5.32 Å². The second kappa shape index (κ2) is 5.51. The molecule has 0 bridgehead atoms. The number of halogens is 2. The Kier molecular flexibility index (Phi) is 3.40. The number of aromatic amines is 1. The van der Waals surface area contributed by atoms with E-state index in [1.807, 2.05) is 12.1 Å². The number of hydrogen-bond donors (Lipinski definition) is 2. The molecule has 2 aliphatic rings. The Hall–Kier alpha value is -1.49. The van der Waals surface area contributed by atoms with Crippen molar-refractivity contribution in [2.24, 2.45) is 5.92 Å². The highest BCUT2D eigenvalue weighted by Crippen LogP contribution is 2.51. The van der Waals surface area contributed by atoms with E-state index in [1.54, 1.807) is 0 Å². The van der Waals surface area contributed by atoms with Gasteiger partial charge in [0.05, 0.1) is 12.1 Å². The Labute approximate surface area is 153 Å². The molecule has 2 N–H and O–H groups in total. The monoisotopic (exact) mass is 402 g/mol. The number of hydrogen-bond acceptors (Lipinski definition) is 2. The lowest BCUT2D eigenvalue weighted by Gasteiger charge is -2.36. The summed E-state index contributed by atoms with van der Waals surface area (Å²) in [5.41, 5.74) is 4.76. The van der Waals surface area contributed by atoms with E-state index >= 15 is 0 Å². The van der Waals surface area contributed by atoms with Gasteiger partial charge in [-0.25, -0.2) is 0 Å². The highest BCUT2D eigenvalue weighted by Gasteiger charge is 2.42. The maximum Gasteiger partial charge on any atom is 0.0897 e. The third-order valence-corrected chi connectivity index (χ3v) is 5.94. The molecule has 3 aromatic rings. The van der Waals surface area contributed by atoms with Crippen molar-refractivity contribution >= 4 is 44.1 Å². The number of anilines is 1. The van der Waals surface area contributed by atoms with Gasteiger partial charge in [0.25, 0.3) is 0 Å². The van der Waals surface area contributed by atoms with Gasteiger partial charge >= 0.3 is 0 Å². The van der Waals surface area contributed by atoms with Crippen LogP contribution in [0.25, 0.3) is 10.9 Å². The summed E-state index contributed by atoms with van der Waals surface area (Å²) in [5.74, 6) is 0.411. The summed E-state index contributed by atoms with van der Waals surface area (Å²) in [6.07, 6.45) is 3.29. The van der Waals surface area contributed by atoms with E-state index in [-0.39, 0.29) is 12.1 Å². The Morgan fingerprint density at radius 3 is 2.96 bits per heavy atom. The summed E-state index contributed by atoms with van der Waals surface area (Å²) in [5, 5.41) is 5.75. The van der Waals surface area contributed by atoms with Crippen molar-refractivity contribution in [3.05, 3.63) is 63.2 Å². The normalized spacial score (nSPS) is 25.3. The van der Waals surface area contributed by atoms with Crippen LogP contribution in [0.4, 0.5) is 5.69 Å². The van der Waals surface area contributed by atoms with Crippen molar-refractivity contribution in [1.29, 1.82) is 0 Å². The largest absolute Gasteiger partial charge is 0.377 e. The van der Waals surface area contributed by atoms with Gasteiger partial charge in [0.15, 0.2) is 0 Å². The Morgan fingerprint density at radius 2 is 2.04 bits per heavy atom. The molecule has 2 aromatic carbocycles. The number of ether oxygens (including phenoxy) is 1. The molecule has 3 heterocycles. The van der Waals surface area contributed by atoms with E-state index in [2.05, 4.69) is 56.7 Å². The highest BCUT2D eigenvalue weighted by atomic mass is 79.9. The first-order valence-electron chi connectivity index (χ1n) is 8.15. The molecular weight excluding hydrogens is 388 g/mol. The molecule has 0 spiro atoms. The number of H-pyrrole nitrogens is 1. The smallest absolute Gasteiger partial charge is 0.0897 e. The Morgan fingerprint density at radius 1 is 1.12 bits per heavy atom. The van der Waals surface area contributed by atoms with Crippen LogP contribution >= 0.6 is 27.5 Å². The van der Waals surface area contributed by atoms with Crippen molar-refractivity contribution in [3.63, 3.8) is 0 Å². The van der Waals surface area contributed by atoms with E-state index < -0.39 is 0 Å². The average Bonchev–Trinajstić information content (AvgIpc) is 3.21. The van der Waals surface area contributed by atoms with Gasteiger partial charge < -0.3 is 15.0 Å². The lowest BCUT2D eigenvalue weighted by molar-refractivity contribution is 0.0830. The summed E-state index contributed by atoms with van der Waals surface area (Å²) >= 11 is 9.80. The van der Waals surface area contributed by atoms with Gasteiger partial charge in [-0.3, -0.25) is 0 Å². The van der Waals surface area contributed by atoms with Crippen LogP contribution in [0.5, 0.6) is 0 Å². The van der Waals surface area contributed by atoms with E-state index in [0.29, 0.717) is 5.92 Å². The van der Waals surface area contributed by atoms with E-state index in [4.69, 9.17) is 16.3 Å². The van der Waals surface area contributed by atoms with E-state index in [9.17, 15) is 0 Å². The number of aromatic nitrogens is 1. The fraction of sp³-hybridized carbons (Fsp3) is 0.263. The van der Waals surface area contributed by atoms with Gasteiger partial charge in [-0.2, -0.15) is 0 Å². The molecule has 2 aliphatic heterocycles. The lowest BCUT2D eigenvalue weighted by Crippen LogP contribution is -2.29.